The lowest BCUT2D eigenvalue weighted by Gasteiger charge is -2.15. The predicted molar refractivity (Wildman–Crippen MR) is 49.5 cm³/mol. The largest absolute Gasteiger partial charge is 0.375 e. The van der Waals surface area contributed by atoms with Crippen molar-refractivity contribution < 1.29 is 14.0 Å². The van der Waals surface area contributed by atoms with Crippen LogP contribution in [0.3, 0.4) is 0 Å². The molecule has 0 saturated heterocycles. The molecule has 0 aliphatic carbocycles. The van der Waals surface area contributed by atoms with Crippen LogP contribution in [0.4, 0.5) is 0 Å². The Bertz CT molecular complexity index is 96.9. The summed E-state index contributed by atoms with van der Waals surface area (Å²) < 4.78 is 15.1. The molecule has 0 aromatic rings. The Morgan fingerprint density at radius 1 is 1.17 bits per heavy atom. The molecule has 0 aliphatic rings. The van der Waals surface area contributed by atoms with E-state index in [9.17, 15) is 0 Å². The average Bonchev–Trinajstić information content (AvgIpc) is 2.11. The van der Waals surface area contributed by atoms with E-state index in [1.807, 2.05) is 0 Å². The number of hydrogen-bond donors (Lipinski definition) is 2. The van der Waals surface area contributed by atoms with Crippen molar-refractivity contribution in [2.24, 2.45) is 11.5 Å². The highest BCUT2D eigenvalue weighted by molar-refractivity contribution is 7.09. The van der Waals surface area contributed by atoms with E-state index in [0.717, 1.165) is 0 Å². The minimum absolute atomic E-state index is 0.370. The SMILES string of the molecule is NCCOCC(OP)OCCN. The molecule has 0 heterocycles. The van der Waals surface area contributed by atoms with Crippen molar-refractivity contribution in [1.82, 2.24) is 0 Å². The van der Waals surface area contributed by atoms with Crippen LogP contribution in [0.2, 0.25) is 0 Å². The monoisotopic (exact) mass is 196 g/mol. The molecule has 0 aromatic heterocycles. The minimum atomic E-state index is -0.370. The van der Waals surface area contributed by atoms with E-state index in [-0.39, 0.29) is 6.29 Å². The normalized spacial score (nSPS) is 13.2. The summed E-state index contributed by atoms with van der Waals surface area (Å²) in [6.45, 7) is 2.32. The molecule has 2 atom stereocenters. The summed E-state index contributed by atoms with van der Waals surface area (Å²) in [6.07, 6.45) is -0.370. The van der Waals surface area contributed by atoms with Gasteiger partial charge < -0.3 is 25.5 Å². The maximum Gasteiger partial charge on any atom is 0.183 e. The maximum absolute atomic E-state index is 5.24. The van der Waals surface area contributed by atoms with Crippen LogP contribution in [-0.4, -0.2) is 39.2 Å². The number of rotatable bonds is 8. The molecule has 0 spiro atoms. The summed E-state index contributed by atoms with van der Waals surface area (Å²) in [4.78, 5) is 0. The van der Waals surface area contributed by atoms with E-state index in [0.29, 0.717) is 32.9 Å². The highest BCUT2D eigenvalue weighted by atomic mass is 31.0. The van der Waals surface area contributed by atoms with Crippen molar-refractivity contribution in [3.05, 3.63) is 0 Å². The van der Waals surface area contributed by atoms with Crippen LogP contribution in [0.15, 0.2) is 0 Å². The molecule has 0 fully saturated rings. The van der Waals surface area contributed by atoms with Crippen LogP contribution >= 0.6 is 9.47 Å². The van der Waals surface area contributed by atoms with Gasteiger partial charge in [-0.25, -0.2) is 0 Å². The van der Waals surface area contributed by atoms with E-state index in [4.69, 9.17) is 25.5 Å². The Balaban J connectivity index is 3.26. The third kappa shape index (κ3) is 6.91. The molecule has 74 valence electrons. The predicted octanol–water partition coefficient (Wildman–Crippen LogP) is -0.930. The van der Waals surface area contributed by atoms with Gasteiger partial charge in [0.15, 0.2) is 6.29 Å². The zero-order valence-corrected chi connectivity index (χ0v) is 8.22. The molecule has 6 heteroatoms. The van der Waals surface area contributed by atoms with E-state index in [1.165, 1.54) is 0 Å². The van der Waals surface area contributed by atoms with Crippen molar-refractivity contribution in [3.63, 3.8) is 0 Å². The molecule has 0 radical (unpaired) electrons. The zero-order chi connectivity index (χ0) is 9.23. The average molecular weight is 196 g/mol. The van der Waals surface area contributed by atoms with Crippen molar-refractivity contribution in [2.75, 3.05) is 32.9 Å². The molecule has 12 heavy (non-hydrogen) atoms. The first-order valence-electron chi connectivity index (χ1n) is 3.80. The highest BCUT2D eigenvalue weighted by Crippen LogP contribution is 2.00. The Morgan fingerprint density at radius 3 is 2.33 bits per heavy atom. The molecule has 2 unspecified atom stereocenters. The van der Waals surface area contributed by atoms with Crippen molar-refractivity contribution >= 4 is 9.47 Å². The number of ether oxygens (including phenoxy) is 2. The molecule has 0 amide bonds. The Morgan fingerprint density at radius 2 is 1.83 bits per heavy atom. The fourth-order valence-electron chi connectivity index (χ4n) is 0.589. The second-order valence-electron chi connectivity index (χ2n) is 2.09. The Hall–Kier alpha value is 0.230. The van der Waals surface area contributed by atoms with Gasteiger partial charge in [-0.05, 0) is 0 Å². The summed E-state index contributed by atoms with van der Waals surface area (Å²) in [5, 5.41) is 0. The standard InChI is InChI=1S/C6H17N2O3P/c7-1-3-9-5-6(11-12)10-4-2-8/h6H,1-5,7-8,12H2. The first-order valence-corrected chi connectivity index (χ1v) is 4.27. The van der Waals surface area contributed by atoms with Crippen molar-refractivity contribution in [3.8, 4) is 0 Å². The first-order chi connectivity index (χ1) is 5.85. The molecule has 0 aliphatic heterocycles. The maximum atomic E-state index is 5.24. The Labute approximate surface area is 75.0 Å². The lowest BCUT2D eigenvalue weighted by atomic mass is 10.6. The van der Waals surface area contributed by atoms with E-state index >= 15 is 0 Å². The molecule has 5 nitrogen and oxygen atoms in total. The zero-order valence-electron chi connectivity index (χ0n) is 7.07. The lowest BCUT2D eigenvalue weighted by Crippen LogP contribution is -2.24. The van der Waals surface area contributed by atoms with Crippen LogP contribution in [0.25, 0.3) is 0 Å². The van der Waals surface area contributed by atoms with Gasteiger partial charge in [0.25, 0.3) is 0 Å². The van der Waals surface area contributed by atoms with Crippen molar-refractivity contribution in [2.45, 2.75) is 6.29 Å². The molecule has 0 rings (SSSR count). The van der Waals surface area contributed by atoms with Gasteiger partial charge in [-0.3, -0.25) is 0 Å². The summed E-state index contributed by atoms with van der Waals surface area (Å²) in [5.41, 5.74) is 10.5. The van der Waals surface area contributed by atoms with Crippen molar-refractivity contribution in [1.29, 1.82) is 0 Å². The molecule has 0 bridgehead atoms. The first kappa shape index (κ1) is 12.2. The van der Waals surface area contributed by atoms with Crippen LogP contribution in [0, 0.1) is 0 Å². The summed E-state index contributed by atoms with van der Waals surface area (Å²) >= 11 is 0. The van der Waals surface area contributed by atoms with E-state index in [1.54, 1.807) is 0 Å². The second kappa shape index (κ2) is 9.32. The van der Waals surface area contributed by atoms with Gasteiger partial charge in [0.1, 0.15) is 0 Å². The topological polar surface area (TPSA) is 79.7 Å². The van der Waals surface area contributed by atoms with Crippen LogP contribution in [0.5, 0.6) is 0 Å². The number of hydrogen-bond acceptors (Lipinski definition) is 5. The highest BCUT2D eigenvalue weighted by Gasteiger charge is 2.05. The van der Waals surface area contributed by atoms with Gasteiger partial charge in [0.05, 0.1) is 19.8 Å². The Kier molecular flexibility index (Phi) is 9.50. The quantitative estimate of drug-likeness (QED) is 0.298. The molecule has 0 aromatic carbocycles. The lowest BCUT2D eigenvalue weighted by molar-refractivity contribution is -0.110. The van der Waals surface area contributed by atoms with Crippen LogP contribution in [0.1, 0.15) is 0 Å². The van der Waals surface area contributed by atoms with Crippen LogP contribution < -0.4 is 11.5 Å². The van der Waals surface area contributed by atoms with E-state index in [2.05, 4.69) is 9.47 Å². The van der Waals surface area contributed by atoms with Gasteiger partial charge >= 0.3 is 0 Å². The third-order valence-electron chi connectivity index (χ3n) is 1.09. The smallest absolute Gasteiger partial charge is 0.183 e. The molecular weight excluding hydrogens is 179 g/mol. The van der Waals surface area contributed by atoms with E-state index < -0.39 is 0 Å². The molecule has 0 saturated carbocycles. The fraction of sp³-hybridized carbons (Fsp3) is 1.00. The number of nitrogens with two attached hydrogens (primary N) is 2. The fourth-order valence-corrected chi connectivity index (χ4v) is 0.746. The minimum Gasteiger partial charge on any atom is -0.375 e. The van der Waals surface area contributed by atoms with Gasteiger partial charge in [-0.15, -0.1) is 0 Å². The molecular formula is C6H17N2O3P. The van der Waals surface area contributed by atoms with Crippen LogP contribution in [-0.2, 0) is 14.0 Å². The summed E-state index contributed by atoms with van der Waals surface area (Å²) in [7, 11) is 2.12. The summed E-state index contributed by atoms with van der Waals surface area (Å²) in [6, 6.07) is 0. The van der Waals surface area contributed by atoms with Gasteiger partial charge in [0, 0.05) is 22.6 Å². The second-order valence-corrected chi connectivity index (χ2v) is 2.36. The summed E-state index contributed by atoms with van der Waals surface area (Å²) in [5.74, 6) is 0. The van der Waals surface area contributed by atoms with Gasteiger partial charge in [-0.1, -0.05) is 0 Å². The van der Waals surface area contributed by atoms with Gasteiger partial charge in [-0.2, -0.15) is 0 Å². The third-order valence-corrected chi connectivity index (χ3v) is 1.39. The molecule has 4 N–H and O–H groups in total. The van der Waals surface area contributed by atoms with Gasteiger partial charge in [0.2, 0.25) is 0 Å².